The molecule has 0 saturated heterocycles. The zero-order valence-corrected chi connectivity index (χ0v) is 11.3. The second-order valence-corrected chi connectivity index (χ2v) is 6.93. The summed E-state index contributed by atoms with van der Waals surface area (Å²) >= 11 is 6.92. The van der Waals surface area contributed by atoms with Gasteiger partial charge >= 0.3 is 0 Å². The van der Waals surface area contributed by atoms with Gasteiger partial charge in [0.1, 0.15) is 4.21 Å². The lowest BCUT2D eigenvalue weighted by atomic mass is 10.3. The van der Waals surface area contributed by atoms with Gasteiger partial charge in [-0.3, -0.25) is 0 Å². The van der Waals surface area contributed by atoms with Gasteiger partial charge in [-0.1, -0.05) is 0 Å². The maximum absolute atomic E-state index is 11.8. The number of sulfonamides is 1. The van der Waals surface area contributed by atoms with Crippen molar-refractivity contribution in [2.24, 2.45) is 0 Å². The molecule has 1 aromatic heterocycles. The van der Waals surface area contributed by atoms with Crippen molar-refractivity contribution < 1.29 is 8.42 Å². The predicted molar refractivity (Wildman–Crippen MR) is 64.1 cm³/mol. The first-order valence-corrected chi connectivity index (χ1v) is 7.38. The van der Waals surface area contributed by atoms with Crippen LogP contribution in [-0.2, 0) is 15.9 Å². The second kappa shape index (κ2) is 4.82. The zero-order chi connectivity index (χ0) is 11.6. The lowest BCUT2D eigenvalue weighted by Gasteiger charge is -2.06. The Hall–Kier alpha value is -0.100. The maximum Gasteiger partial charge on any atom is 0.250 e. The monoisotopic (exact) mass is 267 g/mol. The number of nitrogens with one attached hydrogen (secondary N) is 1. The molecule has 0 amide bonds. The largest absolute Gasteiger partial charge is 0.250 e. The Balaban J connectivity index is 3.05. The predicted octanol–water partition coefficient (Wildman–Crippen LogP) is 2.48. The third kappa shape index (κ3) is 3.17. The van der Waals surface area contributed by atoms with Crippen LogP contribution in [0.5, 0.6) is 0 Å². The van der Waals surface area contributed by atoms with Crippen molar-refractivity contribution in [3.8, 4) is 0 Å². The van der Waals surface area contributed by atoms with Crippen LogP contribution >= 0.6 is 22.9 Å². The van der Waals surface area contributed by atoms with E-state index in [0.717, 1.165) is 10.4 Å². The summed E-state index contributed by atoms with van der Waals surface area (Å²) in [6.07, 6.45) is 0. The smallest absolute Gasteiger partial charge is 0.208 e. The molecule has 0 aliphatic carbocycles. The van der Waals surface area contributed by atoms with Crippen molar-refractivity contribution in [1.29, 1.82) is 0 Å². The van der Waals surface area contributed by atoms with Crippen LogP contribution in [0.1, 0.15) is 24.3 Å². The molecule has 0 spiro atoms. The van der Waals surface area contributed by atoms with Gasteiger partial charge in [-0.15, -0.1) is 22.9 Å². The molecular weight excluding hydrogens is 254 g/mol. The van der Waals surface area contributed by atoms with E-state index in [0.29, 0.717) is 10.1 Å². The molecule has 0 radical (unpaired) electrons. The minimum Gasteiger partial charge on any atom is -0.208 e. The van der Waals surface area contributed by atoms with Crippen molar-refractivity contribution >= 4 is 33.0 Å². The highest BCUT2D eigenvalue weighted by Crippen LogP contribution is 2.27. The third-order valence-corrected chi connectivity index (χ3v) is 5.57. The van der Waals surface area contributed by atoms with Gasteiger partial charge in [0.05, 0.1) is 5.88 Å². The molecule has 0 bridgehead atoms. The fraction of sp³-hybridized carbons (Fsp3) is 0.556. The van der Waals surface area contributed by atoms with Gasteiger partial charge in [0.2, 0.25) is 10.0 Å². The van der Waals surface area contributed by atoms with Crippen LogP contribution in [-0.4, -0.2) is 14.5 Å². The molecule has 1 N–H and O–H groups in total. The highest BCUT2D eigenvalue weighted by molar-refractivity contribution is 7.91. The molecule has 0 aliphatic rings. The van der Waals surface area contributed by atoms with Crippen LogP contribution in [0.3, 0.4) is 0 Å². The number of aryl methyl sites for hydroxylation is 1. The highest BCUT2D eigenvalue weighted by Gasteiger charge is 2.19. The van der Waals surface area contributed by atoms with Crippen molar-refractivity contribution in [1.82, 2.24) is 4.72 Å². The Labute approximate surface area is 99.5 Å². The molecule has 0 unspecified atom stereocenters. The molecule has 86 valence electrons. The standard InChI is InChI=1S/C9H14ClNO2S2/c1-6(2)11-15(12,13)9-4-7(3)8(5-10)14-9/h4,6,11H,5H2,1-3H3. The van der Waals surface area contributed by atoms with Gasteiger partial charge in [-0.2, -0.15) is 0 Å². The van der Waals surface area contributed by atoms with Crippen LogP contribution in [0.15, 0.2) is 10.3 Å². The fourth-order valence-corrected chi connectivity index (χ4v) is 4.20. The Kier molecular flexibility index (Phi) is 4.17. The summed E-state index contributed by atoms with van der Waals surface area (Å²) in [5, 5.41) is 0. The number of halogens is 1. The molecule has 0 aromatic carbocycles. The summed E-state index contributed by atoms with van der Waals surface area (Å²) in [4.78, 5) is 0.904. The lowest BCUT2D eigenvalue weighted by Crippen LogP contribution is -2.29. The molecule has 1 heterocycles. The second-order valence-electron chi connectivity index (χ2n) is 3.58. The van der Waals surface area contributed by atoms with E-state index in [1.54, 1.807) is 19.9 Å². The van der Waals surface area contributed by atoms with Gasteiger partial charge in [-0.25, -0.2) is 13.1 Å². The van der Waals surface area contributed by atoms with Crippen LogP contribution in [0, 0.1) is 6.92 Å². The van der Waals surface area contributed by atoms with Gasteiger partial charge in [0.25, 0.3) is 0 Å². The fourth-order valence-electron chi connectivity index (χ4n) is 1.12. The van der Waals surface area contributed by atoms with Gasteiger partial charge < -0.3 is 0 Å². The maximum atomic E-state index is 11.8. The van der Waals surface area contributed by atoms with Crippen molar-refractivity contribution in [2.45, 2.75) is 36.9 Å². The summed E-state index contributed by atoms with van der Waals surface area (Å²) in [7, 11) is -3.36. The first-order chi connectivity index (χ1) is 6.86. The number of alkyl halides is 1. The van der Waals surface area contributed by atoms with Crippen molar-refractivity contribution in [3.63, 3.8) is 0 Å². The first kappa shape index (κ1) is 13.0. The number of thiophene rings is 1. The number of hydrogen-bond donors (Lipinski definition) is 1. The molecule has 0 fully saturated rings. The molecule has 3 nitrogen and oxygen atoms in total. The van der Waals surface area contributed by atoms with E-state index in [4.69, 9.17) is 11.6 Å². The molecule has 15 heavy (non-hydrogen) atoms. The Morgan fingerprint density at radius 2 is 2.13 bits per heavy atom. The van der Waals surface area contributed by atoms with Gasteiger partial charge in [-0.05, 0) is 32.4 Å². The van der Waals surface area contributed by atoms with Crippen LogP contribution in [0.2, 0.25) is 0 Å². The van der Waals surface area contributed by atoms with E-state index in [1.165, 1.54) is 11.3 Å². The Bertz CT molecular complexity index is 437. The topological polar surface area (TPSA) is 46.2 Å². The van der Waals surface area contributed by atoms with E-state index in [-0.39, 0.29) is 6.04 Å². The average molecular weight is 268 g/mol. The molecule has 1 rings (SSSR count). The van der Waals surface area contributed by atoms with Crippen LogP contribution in [0.4, 0.5) is 0 Å². The van der Waals surface area contributed by atoms with E-state index >= 15 is 0 Å². The first-order valence-electron chi connectivity index (χ1n) is 4.54. The minimum absolute atomic E-state index is 0.100. The van der Waals surface area contributed by atoms with E-state index in [1.807, 2.05) is 6.92 Å². The summed E-state index contributed by atoms with van der Waals surface area (Å²) < 4.78 is 26.4. The summed E-state index contributed by atoms with van der Waals surface area (Å²) in [6, 6.07) is 1.56. The molecular formula is C9H14ClNO2S2. The molecule has 1 aromatic rings. The molecule has 0 atom stereocenters. The molecule has 6 heteroatoms. The normalized spacial score (nSPS) is 12.3. The van der Waals surface area contributed by atoms with Gasteiger partial charge in [0.15, 0.2) is 0 Å². The molecule has 0 saturated carbocycles. The Morgan fingerprint density at radius 3 is 2.53 bits per heavy atom. The number of rotatable bonds is 4. The Morgan fingerprint density at radius 1 is 1.53 bits per heavy atom. The van der Waals surface area contributed by atoms with Crippen molar-refractivity contribution in [3.05, 3.63) is 16.5 Å². The summed E-state index contributed by atoms with van der Waals surface area (Å²) in [5.41, 5.74) is 0.930. The van der Waals surface area contributed by atoms with E-state index in [2.05, 4.69) is 4.72 Å². The van der Waals surface area contributed by atoms with Crippen molar-refractivity contribution in [2.75, 3.05) is 0 Å². The highest BCUT2D eigenvalue weighted by atomic mass is 35.5. The van der Waals surface area contributed by atoms with Gasteiger partial charge in [0, 0.05) is 10.9 Å². The lowest BCUT2D eigenvalue weighted by molar-refractivity contribution is 0.572. The summed E-state index contributed by atoms with van der Waals surface area (Å²) in [6.45, 7) is 5.45. The number of hydrogen-bond acceptors (Lipinski definition) is 3. The quantitative estimate of drug-likeness (QED) is 0.852. The van der Waals surface area contributed by atoms with E-state index < -0.39 is 10.0 Å². The van der Waals surface area contributed by atoms with Crippen LogP contribution in [0.25, 0.3) is 0 Å². The zero-order valence-electron chi connectivity index (χ0n) is 8.87. The SMILES string of the molecule is Cc1cc(S(=O)(=O)NC(C)C)sc1CCl. The van der Waals surface area contributed by atoms with E-state index in [9.17, 15) is 8.42 Å². The average Bonchev–Trinajstić information content (AvgIpc) is 2.45. The minimum atomic E-state index is -3.36. The van der Waals surface area contributed by atoms with Crippen LogP contribution < -0.4 is 4.72 Å². The third-order valence-electron chi connectivity index (χ3n) is 1.78. The summed E-state index contributed by atoms with van der Waals surface area (Å²) in [5.74, 6) is 0.355. The molecule has 0 aliphatic heterocycles.